The second kappa shape index (κ2) is 5.70. The minimum atomic E-state index is 0.544. The van der Waals surface area contributed by atoms with Gasteiger partial charge in [0.25, 0.3) is 0 Å². The average Bonchev–Trinajstić information content (AvgIpc) is 2.92. The molecular formula is C19H16Cl2N2. The van der Waals surface area contributed by atoms with Gasteiger partial charge in [0.2, 0.25) is 0 Å². The van der Waals surface area contributed by atoms with Crippen molar-refractivity contribution in [1.82, 2.24) is 9.38 Å². The lowest BCUT2D eigenvalue weighted by Crippen LogP contribution is -1.98. The Labute approximate surface area is 144 Å². The lowest BCUT2D eigenvalue weighted by atomic mass is 10.1. The van der Waals surface area contributed by atoms with Crippen molar-refractivity contribution in [2.24, 2.45) is 0 Å². The van der Waals surface area contributed by atoms with Crippen LogP contribution < -0.4 is 0 Å². The Balaban J connectivity index is 2.17. The van der Waals surface area contributed by atoms with Crippen LogP contribution in [0.5, 0.6) is 0 Å². The summed E-state index contributed by atoms with van der Waals surface area (Å²) in [6.45, 7) is 2.21. The third kappa shape index (κ3) is 2.37. The van der Waals surface area contributed by atoms with Gasteiger partial charge in [-0.2, -0.15) is 0 Å². The fraction of sp³-hybridized carbons (Fsp3) is 0.211. The summed E-state index contributed by atoms with van der Waals surface area (Å²) in [5, 5.41) is 3.48. The van der Waals surface area contributed by atoms with E-state index in [1.807, 2.05) is 18.2 Å². The number of imidazole rings is 1. The van der Waals surface area contributed by atoms with Gasteiger partial charge in [-0.1, -0.05) is 60.8 Å². The zero-order valence-corrected chi connectivity index (χ0v) is 14.3. The van der Waals surface area contributed by atoms with Gasteiger partial charge in [-0.15, -0.1) is 0 Å². The van der Waals surface area contributed by atoms with Crippen LogP contribution in [-0.2, 0) is 6.42 Å². The van der Waals surface area contributed by atoms with Crippen molar-refractivity contribution in [2.45, 2.75) is 26.2 Å². The Bertz CT molecular complexity index is 1030. The fourth-order valence-corrected chi connectivity index (χ4v) is 3.47. The van der Waals surface area contributed by atoms with Gasteiger partial charge >= 0.3 is 0 Å². The van der Waals surface area contributed by atoms with Crippen molar-refractivity contribution in [2.75, 3.05) is 0 Å². The maximum atomic E-state index is 6.25. The van der Waals surface area contributed by atoms with E-state index in [0.29, 0.717) is 10.0 Å². The SMILES string of the molecule is CCCCc1cc2ccccc2c2nc3cc(Cl)c(Cl)cc3n12. The summed E-state index contributed by atoms with van der Waals surface area (Å²) in [4.78, 5) is 4.83. The van der Waals surface area contributed by atoms with E-state index < -0.39 is 0 Å². The molecule has 0 amide bonds. The molecule has 0 radical (unpaired) electrons. The lowest BCUT2D eigenvalue weighted by molar-refractivity contribution is 0.772. The van der Waals surface area contributed by atoms with E-state index >= 15 is 0 Å². The van der Waals surface area contributed by atoms with Gasteiger partial charge in [0, 0.05) is 11.1 Å². The van der Waals surface area contributed by atoms with E-state index in [-0.39, 0.29) is 0 Å². The number of unbranched alkanes of at least 4 members (excludes halogenated alkanes) is 1. The lowest BCUT2D eigenvalue weighted by Gasteiger charge is -2.09. The van der Waals surface area contributed by atoms with Gasteiger partial charge in [-0.3, -0.25) is 4.40 Å². The van der Waals surface area contributed by atoms with Gasteiger partial charge in [0.05, 0.1) is 21.1 Å². The zero-order valence-electron chi connectivity index (χ0n) is 12.8. The number of hydrogen-bond donors (Lipinski definition) is 0. The van der Waals surface area contributed by atoms with Crippen LogP contribution in [0.15, 0.2) is 42.5 Å². The molecular weight excluding hydrogens is 327 g/mol. The highest BCUT2D eigenvalue weighted by Gasteiger charge is 2.14. The average molecular weight is 343 g/mol. The second-order valence-corrected chi connectivity index (χ2v) is 6.67. The van der Waals surface area contributed by atoms with Crippen LogP contribution >= 0.6 is 23.2 Å². The minimum absolute atomic E-state index is 0.544. The molecule has 4 aromatic rings. The first-order valence-electron chi connectivity index (χ1n) is 7.87. The van der Waals surface area contributed by atoms with E-state index in [4.69, 9.17) is 28.2 Å². The largest absolute Gasteiger partial charge is 0.296 e. The van der Waals surface area contributed by atoms with Gasteiger partial charge in [0.1, 0.15) is 5.65 Å². The molecule has 2 aromatic heterocycles. The maximum absolute atomic E-state index is 6.25. The van der Waals surface area contributed by atoms with Crippen LogP contribution in [0.3, 0.4) is 0 Å². The Morgan fingerprint density at radius 3 is 2.65 bits per heavy atom. The number of benzene rings is 2. The van der Waals surface area contributed by atoms with E-state index in [2.05, 4.69) is 35.6 Å². The van der Waals surface area contributed by atoms with Gasteiger partial charge in [-0.05, 0) is 36.4 Å². The van der Waals surface area contributed by atoms with Crippen molar-refractivity contribution in [3.63, 3.8) is 0 Å². The predicted octanol–water partition coefficient (Wildman–Crippen LogP) is 6.29. The van der Waals surface area contributed by atoms with Crippen LogP contribution in [0.2, 0.25) is 10.0 Å². The molecule has 2 aromatic carbocycles. The molecule has 2 nitrogen and oxygen atoms in total. The van der Waals surface area contributed by atoms with E-state index in [1.54, 1.807) is 0 Å². The molecule has 116 valence electrons. The van der Waals surface area contributed by atoms with Crippen molar-refractivity contribution >= 4 is 50.7 Å². The van der Waals surface area contributed by atoms with Crippen LogP contribution in [0.25, 0.3) is 27.5 Å². The first-order valence-corrected chi connectivity index (χ1v) is 8.62. The fourth-order valence-electron chi connectivity index (χ4n) is 3.16. The molecule has 2 heterocycles. The number of aromatic nitrogens is 2. The molecule has 0 unspecified atom stereocenters. The molecule has 0 aliphatic carbocycles. The molecule has 0 atom stereocenters. The number of hydrogen-bond acceptors (Lipinski definition) is 1. The first-order chi connectivity index (χ1) is 11.2. The topological polar surface area (TPSA) is 17.3 Å². The Kier molecular flexibility index (Phi) is 3.67. The smallest absolute Gasteiger partial charge is 0.146 e. The number of fused-ring (bicyclic) bond motifs is 5. The maximum Gasteiger partial charge on any atom is 0.146 e. The Morgan fingerprint density at radius 1 is 1.04 bits per heavy atom. The summed E-state index contributed by atoms with van der Waals surface area (Å²) in [7, 11) is 0. The highest BCUT2D eigenvalue weighted by molar-refractivity contribution is 6.42. The highest BCUT2D eigenvalue weighted by atomic mass is 35.5. The van der Waals surface area contributed by atoms with Crippen LogP contribution in [-0.4, -0.2) is 9.38 Å². The predicted molar refractivity (Wildman–Crippen MR) is 98.8 cm³/mol. The standard InChI is InChI=1S/C19H16Cl2N2/c1-2-3-7-13-9-12-6-4-5-8-14(12)19-22-17-10-15(20)16(21)11-18(17)23(13)19/h4-6,8-11H,2-3,7H2,1H3. The number of aryl methyl sites for hydroxylation is 1. The van der Waals surface area contributed by atoms with Gasteiger partial charge < -0.3 is 0 Å². The molecule has 0 N–H and O–H groups in total. The molecule has 0 bridgehead atoms. The van der Waals surface area contributed by atoms with E-state index in [1.165, 1.54) is 11.1 Å². The summed E-state index contributed by atoms with van der Waals surface area (Å²) in [6, 6.07) is 14.4. The van der Waals surface area contributed by atoms with Crippen molar-refractivity contribution in [3.8, 4) is 0 Å². The van der Waals surface area contributed by atoms with Crippen molar-refractivity contribution in [3.05, 3.63) is 58.2 Å². The molecule has 0 aliphatic heterocycles. The third-order valence-corrected chi connectivity index (χ3v) is 5.02. The Hall–Kier alpha value is -1.77. The highest BCUT2D eigenvalue weighted by Crippen LogP contribution is 2.32. The molecule has 0 saturated heterocycles. The van der Waals surface area contributed by atoms with Crippen molar-refractivity contribution in [1.29, 1.82) is 0 Å². The monoisotopic (exact) mass is 342 g/mol. The van der Waals surface area contributed by atoms with Crippen molar-refractivity contribution < 1.29 is 0 Å². The molecule has 0 aliphatic rings. The molecule has 4 heteroatoms. The second-order valence-electron chi connectivity index (χ2n) is 5.85. The summed E-state index contributed by atoms with van der Waals surface area (Å²) in [5.74, 6) is 0. The summed E-state index contributed by atoms with van der Waals surface area (Å²) in [6.07, 6.45) is 3.32. The molecule has 0 spiro atoms. The van der Waals surface area contributed by atoms with Gasteiger partial charge in [-0.25, -0.2) is 4.98 Å². The first kappa shape index (κ1) is 14.8. The van der Waals surface area contributed by atoms with E-state index in [0.717, 1.165) is 41.3 Å². The van der Waals surface area contributed by atoms with Gasteiger partial charge in [0.15, 0.2) is 0 Å². The molecule has 4 rings (SSSR count). The Morgan fingerprint density at radius 2 is 1.83 bits per heavy atom. The summed E-state index contributed by atoms with van der Waals surface area (Å²) >= 11 is 12.4. The molecule has 0 saturated carbocycles. The van der Waals surface area contributed by atoms with Crippen LogP contribution in [0, 0.1) is 0 Å². The zero-order chi connectivity index (χ0) is 16.0. The number of rotatable bonds is 3. The normalized spacial score (nSPS) is 11.8. The number of nitrogens with zero attached hydrogens (tertiary/aromatic N) is 2. The number of pyridine rings is 1. The third-order valence-electron chi connectivity index (χ3n) is 4.29. The molecule has 23 heavy (non-hydrogen) atoms. The quantitative estimate of drug-likeness (QED) is 0.427. The molecule has 0 fully saturated rings. The summed E-state index contributed by atoms with van der Waals surface area (Å²) < 4.78 is 2.23. The van der Waals surface area contributed by atoms with Crippen LogP contribution in [0.4, 0.5) is 0 Å². The summed E-state index contributed by atoms with van der Waals surface area (Å²) in [5.41, 5.74) is 4.14. The van der Waals surface area contributed by atoms with E-state index in [9.17, 15) is 0 Å². The number of halogens is 2. The minimum Gasteiger partial charge on any atom is -0.296 e. The van der Waals surface area contributed by atoms with Crippen LogP contribution in [0.1, 0.15) is 25.5 Å².